The fourth-order valence-corrected chi connectivity index (χ4v) is 3.25. The summed E-state index contributed by atoms with van der Waals surface area (Å²) in [6.45, 7) is 0. The number of piperidine rings is 1. The second-order valence-electron chi connectivity index (χ2n) is 4.31. The van der Waals surface area contributed by atoms with Crippen molar-refractivity contribution < 1.29 is 14.0 Å². The number of benzene rings is 1. The van der Waals surface area contributed by atoms with Gasteiger partial charge in [-0.05, 0) is 18.6 Å². The lowest BCUT2D eigenvalue weighted by Crippen LogP contribution is -2.43. The van der Waals surface area contributed by atoms with Gasteiger partial charge in [-0.15, -0.1) is 0 Å². The summed E-state index contributed by atoms with van der Waals surface area (Å²) < 4.78 is 15.1. The van der Waals surface area contributed by atoms with Crippen LogP contribution in [0.2, 0.25) is 0 Å². The number of carbonyl (C=O) groups excluding carboxylic acids is 2. The molecule has 19 heavy (non-hydrogen) atoms. The fourth-order valence-electron chi connectivity index (χ4n) is 2.14. The number of rotatable bonds is 1. The number of aromatic nitrogens is 1. The third kappa shape index (κ3) is 1.86. The highest BCUT2D eigenvalue weighted by molar-refractivity contribution is 7.14. The zero-order valence-electron chi connectivity index (χ0n) is 9.68. The van der Waals surface area contributed by atoms with E-state index in [2.05, 4.69) is 5.32 Å². The predicted molar refractivity (Wildman–Crippen MR) is 67.5 cm³/mol. The summed E-state index contributed by atoms with van der Waals surface area (Å²) in [6.07, 6.45) is 0.443. The van der Waals surface area contributed by atoms with Gasteiger partial charge in [-0.2, -0.15) is 0 Å². The number of hydrogen-bond donors (Lipinski definition) is 1. The highest BCUT2D eigenvalue weighted by Gasteiger charge is 2.30. The van der Waals surface area contributed by atoms with Gasteiger partial charge in [0.2, 0.25) is 5.91 Å². The van der Waals surface area contributed by atoms with Gasteiger partial charge in [0.25, 0.3) is 11.5 Å². The Kier molecular flexibility index (Phi) is 2.70. The van der Waals surface area contributed by atoms with Crippen LogP contribution in [0.15, 0.2) is 23.0 Å². The largest absolute Gasteiger partial charge is 0.295 e. The van der Waals surface area contributed by atoms with Crippen molar-refractivity contribution in [3.63, 3.8) is 0 Å². The number of halogens is 1. The first-order valence-electron chi connectivity index (χ1n) is 5.71. The lowest BCUT2D eigenvalue weighted by molar-refractivity contribution is -0.135. The van der Waals surface area contributed by atoms with E-state index in [1.54, 1.807) is 0 Å². The van der Waals surface area contributed by atoms with Crippen LogP contribution in [0.4, 0.5) is 4.39 Å². The Bertz CT molecular complexity index is 749. The van der Waals surface area contributed by atoms with Crippen LogP contribution in [-0.4, -0.2) is 15.8 Å². The third-order valence-corrected chi connectivity index (χ3v) is 4.29. The lowest BCUT2D eigenvalue weighted by Gasteiger charge is -2.20. The van der Waals surface area contributed by atoms with Crippen molar-refractivity contribution in [2.75, 3.05) is 0 Å². The van der Waals surface area contributed by atoms with Crippen LogP contribution < -0.4 is 10.9 Å². The Morgan fingerprint density at radius 2 is 2.11 bits per heavy atom. The molecule has 2 aromatic rings. The summed E-state index contributed by atoms with van der Waals surface area (Å²) in [4.78, 5) is 35.0. The molecule has 2 heterocycles. The summed E-state index contributed by atoms with van der Waals surface area (Å²) in [6, 6.07) is 3.52. The molecule has 7 heteroatoms. The van der Waals surface area contributed by atoms with Crippen molar-refractivity contribution in [1.82, 2.24) is 9.27 Å². The van der Waals surface area contributed by atoms with E-state index in [4.69, 9.17) is 0 Å². The molecule has 1 aromatic heterocycles. The van der Waals surface area contributed by atoms with Crippen LogP contribution in [0.25, 0.3) is 10.1 Å². The number of hydrogen-bond acceptors (Lipinski definition) is 4. The van der Waals surface area contributed by atoms with E-state index < -0.39 is 23.3 Å². The van der Waals surface area contributed by atoms with Crippen LogP contribution in [0.5, 0.6) is 0 Å². The standard InChI is InChI=1S/C12H9FN2O3S/c13-7-3-1-2-6-10(7)19-15(12(6)18)8-4-5-9(16)14-11(8)17/h1-3,8H,4-5H2,(H,14,16,17). The molecule has 1 aliphatic rings. The monoisotopic (exact) mass is 280 g/mol. The van der Waals surface area contributed by atoms with Gasteiger partial charge in [-0.25, -0.2) is 4.39 Å². The molecule has 1 aromatic carbocycles. The zero-order chi connectivity index (χ0) is 13.6. The Balaban J connectivity index is 2.13. The minimum absolute atomic E-state index is 0.180. The van der Waals surface area contributed by atoms with Crippen molar-refractivity contribution in [2.45, 2.75) is 18.9 Å². The van der Waals surface area contributed by atoms with E-state index in [0.717, 1.165) is 11.5 Å². The topological polar surface area (TPSA) is 68.2 Å². The molecule has 3 rings (SSSR count). The summed E-state index contributed by atoms with van der Waals surface area (Å²) in [7, 11) is 0. The lowest BCUT2D eigenvalue weighted by atomic mass is 10.1. The third-order valence-electron chi connectivity index (χ3n) is 3.08. The first-order valence-corrected chi connectivity index (χ1v) is 6.49. The van der Waals surface area contributed by atoms with E-state index in [9.17, 15) is 18.8 Å². The second-order valence-corrected chi connectivity index (χ2v) is 5.29. The van der Waals surface area contributed by atoms with E-state index in [-0.39, 0.29) is 28.8 Å². The van der Waals surface area contributed by atoms with Crippen LogP contribution in [0.1, 0.15) is 18.9 Å². The van der Waals surface area contributed by atoms with E-state index in [0.29, 0.717) is 0 Å². The maximum absolute atomic E-state index is 13.6. The smallest absolute Gasteiger partial charge is 0.269 e. The van der Waals surface area contributed by atoms with Gasteiger partial charge in [-0.1, -0.05) is 17.6 Å². The molecule has 5 nitrogen and oxygen atoms in total. The summed E-state index contributed by atoms with van der Waals surface area (Å²) in [5, 5.41) is 2.45. The van der Waals surface area contributed by atoms with E-state index >= 15 is 0 Å². The van der Waals surface area contributed by atoms with Crippen LogP contribution in [0.3, 0.4) is 0 Å². The molecule has 1 fully saturated rings. The Hall–Kier alpha value is -2.02. The van der Waals surface area contributed by atoms with Crippen LogP contribution >= 0.6 is 11.5 Å². The molecule has 1 unspecified atom stereocenters. The number of carbonyl (C=O) groups is 2. The van der Waals surface area contributed by atoms with Crippen molar-refractivity contribution in [3.8, 4) is 0 Å². The summed E-state index contributed by atoms with van der Waals surface area (Å²) >= 11 is 0.919. The van der Waals surface area contributed by atoms with Crippen molar-refractivity contribution >= 4 is 33.4 Å². The van der Waals surface area contributed by atoms with Gasteiger partial charge in [0, 0.05) is 6.42 Å². The molecule has 1 N–H and O–H groups in total. The van der Waals surface area contributed by atoms with E-state index in [1.165, 1.54) is 22.2 Å². The average Bonchev–Trinajstić information content (AvgIpc) is 2.69. The molecule has 0 radical (unpaired) electrons. The quantitative estimate of drug-likeness (QED) is 0.798. The van der Waals surface area contributed by atoms with Gasteiger partial charge >= 0.3 is 0 Å². The molecule has 0 spiro atoms. The maximum Gasteiger partial charge on any atom is 0.269 e. The van der Waals surface area contributed by atoms with Crippen molar-refractivity contribution in [3.05, 3.63) is 34.4 Å². The Morgan fingerprint density at radius 3 is 2.79 bits per heavy atom. The van der Waals surface area contributed by atoms with Crippen molar-refractivity contribution in [2.24, 2.45) is 0 Å². The number of amides is 2. The molecule has 1 aliphatic heterocycles. The zero-order valence-corrected chi connectivity index (χ0v) is 10.5. The van der Waals surface area contributed by atoms with Crippen molar-refractivity contribution in [1.29, 1.82) is 0 Å². The molecule has 1 saturated heterocycles. The second kappa shape index (κ2) is 4.27. The maximum atomic E-state index is 13.6. The predicted octanol–water partition coefficient (Wildman–Crippen LogP) is 1.18. The van der Waals surface area contributed by atoms with Gasteiger partial charge in [0.05, 0.1) is 10.1 Å². The fraction of sp³-hybridized carbons (Fsp3) is 0.250. The number of nitrogens with one attached hydrogen (secondary N) is 1. The molecule has 0 aliphatic carbocycles. The van der Waals surface area contributed by atoms with Gasteiger partial charge in [0.15, 0.2) is 0 Å². The van der Waals surface area contributed by atoms with Crippen LogP contribution in [0, 0.1) is 5.82 Å². The van der Waals surface area contributed by atoms with Gasteiger partial charge in [-0.3, -0.25) is 23.7 Å². The first-order chi connectivity index (χ1) is 9.08. The minimum Gasteiger partial charge on any atom is -0.295 e. The van der Waals surface area contributed by atoms with E-state index in [1.807, 2.05) is 0 Å². The molecular formula is C12H9FN2O3S. The number of nitrogens with zero attached hydrogens (tertiary/aromatic N) is 1. The van der Waals surface area contributed by atoms with Gasteiger partial charge in [0.1, 0.15) is 11.9 Å². The number of imide groups is 1. The summed E-state index contributed by atoms with van der Waals surface area (Å²) in [5.74, 6) is -1.34. The highest BCUT2D eigenvalue weighted by atomic mass is 32.1. The SMILES string of the molecule is O=C1CCC(n2sc3c(F)cccc3c2=O)C(=O)N1. The molecular weight excluding hydrogens is 271 g/mol. The summed E-state index contributed by atoms with van der Waals surface area (Å²) in [5.41, 5.74) is -0.394. The Labute approximate surface area is 110 Å². The molecule has 0 saturated carbocycles. The molecule has 98 valence electrons. The first kappa shape index (κ1) is 12.0. The van der Waals surface area contributed by atoms with Gasteiger partial charge < -0.3 is 0 Å². The minimum atomic E-state index is -0.734. The highest BCUT2D eigenvalue weighted by Crippen LogP contribution is 2.26. The molecule has 1 atom stereocenters. The number of fused-ring (bicyclic) bond motifs is 1. The molecule has 0 bridgehead atoms. The Morgan fingerprint density at radius 1 is 1.32 bits per heavy atom. The van der Waals surface area contributed by atoms with Crippen LogP contribution in [-0.2, 0) is 9.59 Å². The average molecular weight is 280 g/mol. The molecule has 2 amide bonds. The normalized spacial score (nSPS) is 19.7.